The van der Waals surface area contributed by atoms with E-state index >= 15 is 0 Å². The average Bonchev–Trinajstić information content (AvgIpc) is 2.73. The van der Waals surface area contributed by atoms with Gasteiger partial charge < -0.3 is 9.72 Å². The summed E-state index contributed by atoms with van der Waals surface area (Å²) < 4.78 is 27.6. The second-order valence-electron chi connectivity index (χ2n) is 3.68. The molecule has 90 valence electrons. The van der Waals surface area contributed by atoms with Crippen LogP contribution in [0.25, 0.3) is 10.9 Å². The Kier molecular flexibility index (Phi) is 2.66. The number of esters is 1. The number of ether oxygens (including phenoxy) is 1. The predicted octanol–water partition coefficient (Wildman–Crippen LogP) is 1.36. The van der Waals surface area contributed by atoms with Crippen molar-refractivity contribution in [2.24, 2.45) is 0 Å². The van der Waals surface area contributed by atoms with Gasteiger partial charge >= 0.3 is 5.97 Å². The third kappa shape index (κ3) is 2.03. The van der Waals surface area contributed by atoms with Crippen LogP contribution < -0.4 is 0 Å². The van der Waals surface area contributed by atoms with Crippen LogP contribution in [-0.4, -0.2) is 32.7 Å². The number of H-pyrrole nitrogens is 1. The molecule has 0 unspecified atom stereocenters. The Bertz CT molecular complexity index is 685. The number of benzene rings is 1. The second-order valence-corrected chi connectivity index (χ2v) is 5.69. The summed E-state index contributed by atoms with van der Waals surface area (Å²) in [5.41, 5.74) is 0.791. The van der Waals surface area contributed by atoms with Gasteiger partial charge in [-0.2, -0.15) is 0 Å². The van der Waals surface area contributed by atoms with Crippen LogP contribution in [-0.2, 0) is 14.6 Å². The summed E-state index contributed by atoms with van der Waals surface area (Å²) in [7, 11) is -2.10. The zero-order chi connectivity index (χ0) is 12.6. The molecule has 0 aliphatic rings. The van der Waals surface area contributed by atoms with Crippen LogP contribution in [0.4, 0.5) is 0 Å². The molecular formula is C11H11NO4S. The van der Waals surface area contributed by atoms with E-state index in [9.17, 15) is 13.2 Å². The lowest BCUT2D eigenvalue weighted by molar-refractivity contribution is 0.0602. The van der Waals surface area contributed by atoms with Crippen molar-refractivity contribution in [1.29, 1.82) is 0 Å². The number of rotatable bonds is 2. The largest absolute Gasteiger partial charge is 0.465 e. The van der Waals surface area contributed by atoms with Gasteiger partial charge in [0.2, 0.25) is 0 Å². The van der Waals surface area contributed by atoms with E-state index in [1.54, 1.807) is 12.3 Å². The van der Waals surface area contributed by atoms with Crippen molar-refractivity contribution < 1.29 is 17.9 Å². The molecule has 1 aromatic carbocycles. The maximum absolute atomic E-state index is 11.6. The van der Waals surface area contributed by atoms with Gasteiger partial charge in [0.15, 0.2) is 9.84 Å². The molecule has 0 fully saturated rings. The molecule has 0 amide bonds. The van der Waals surface area contributed by atoms with Crippen LogP contribution in [0.15, 0.2) is 29.3 Å². The summed E-state index contributed by atoms with van der Waals surface area (Å²) in [5.74, 6) is -0.567. The average molecular weight is 253 g/mol. The highest BCUT2D eigenvalue weighted by molar-refractivity contribution is 7.90. The summed E-state index contributed by atoms with van der Waals surface area (Å²) >= 11 is 0. The number of hydrogen-bond donors (Lipinski definition) is 1. The van der Waals surface area contributed by atoms with Crippen molar-refractivity contribution in [2.45, 2.75) is 4.90 Å². The van der Waals surface area contributed by atoms with Crippen molar-refractivity contribution in [3.05, 3.63) is 30.0 Å². The molecule has 0 atom stereocenters. The molecule has 2 aromatic rings. The Morgan fingerprint density at radius 2 is 2.06 bits per heavy atom. The van der Waals surface area contributed by atoms with E-state index in [0.29, 0.717) is 10.9 Å². The Balaban J connectivity index is 2.80. The molecule has 0 radical (unpaired) electrons. The quantitative estimate of drug-likeness (QED) is 0.820. The number of fused-ring (bicyclic) bond motifs is 1. The molecule has 0 saturated carbocycles. The fourth-order valence-corrected chi connectivity index (χ4v) is 2.30. The van der Waals surface area contributed by atoms with Gasteiger partial charge in [0.25, 0.3) is 0 Å². The fraction of sp³-hybridized carbons (Fsp3) is 0.182. The SMILES string of the molecule is COC(=O)c1cc(S(C)(=O)=O)cc2cc[nH]c12. The lowest BCUT2D eigenvalue weighted by Crippen LogP contribution is -2.05. The van der Waals surface area contributed by atoms with Crippen molar-refractivity contribution >= 4 is 26.7 Å². The molecule has 1 heterocycles. The van der Waals surface area contributed by atoms with Crippen LogP contribution in [0.1, 0.15) is 10.4 Å². The molecule has 0 aliphatic carbocycles. The van der Waals surface area contributed by atoms with E-state index in [2.05, 4.69) is 9.72 Å². The summed E-state index contributed by atoms with van der Waals surface area (Å²) in [6.07, 6.45) is 2.74. The number of carbonyl (C=O) groups excluding carboxylic acids is 1. The van der Waals surface area contributed by atoms with Crippen LogP contribution in [0, 0.1) is 0 Å². The number of aromatic nitrogens is 1. The molecular weight excluding hydrogens is 242 g/mol. The fourth-order valence-electron chi connectivity index (χ4n) is 1.63. The summed E-state index contributed by atoms with van der Waals surface area (Å²) in [6.45, 7) is 0. The topological polar surface area (TPSA) is 76.2 Å². The van der Waals surface area contributed by atoms with Gasteiger partial charge in [-0.3, -0.25) is 0 Å². The molecule has 0 spiro atoms. The molecule has 0 saturated heterocycles. The van der Waals surface area contributed by atoms with Crippen molar-refractivity contribution in [3.63, 3.8) is 0 Å². The monoisotopic (exact) mass is 253 g/mol. The number of methoxy groups -OCH3 is 1. The minimum absolute atomic E-state index is 0.102. The van der Waals surface area contributed by atoms with E-state index < -0.39 is 15.8 Å². The third-order valence-corrected chi connectivity index (χ3v) is 3.56. The van der Waals surface area contributed by atoms with Gasteiger partial charge in [0.1, 0.15) is 0 Å². The first-order valence-corrected chi connectivity index (χ1v) is 6.72. The molecule has 6 heteroatoms. The third-order valence-electron chi connectivity index (χ3n) is 2.47. The van der Waals surface area contributed by atoms with Crippen molar-refractivity contribution in [3.8, 4) is 0 Å². The number of aromatic amines is 1. The highest BCUT2D eigenvalue weighted by atomic mass is 32.2. The molecule has 2 rings (SSSR count). The van der Waals surface area contributed by atoms with Crippen molar-refractivity contribution in [2.75, 3.05) is 13.4 Å². The van der Waals surface area contributed by atoms with E-state index in [-0.39, 0.29) is 10.5 Å². The van der Waals surface area contributed by atoms with Crippen LogP contribution >= 0.6 is 0 Å². The van der Waals surface area contributed by atoms with Gasteiger partial charge in [-0.25, -0.2) is 13.2 Å². The first-order chi connectivity index (χ1) is 7.93. The van der Waals surface area contributed by atoms with Gasteiger partial charge in [-0.15, -0.1) is 0 Å². The van der Waals surface area contributed by atoms with Gasteiger partial charge in [0.05, 0.1) is 23.1 Å². The van der Waals surface area contributed by atoms with Gasteiger partial charge in [-0.05, 0) is 18.2 Å². The van der Waals surface area contributed by atoms with E-state index in [0.717, 1.165) is 6.26 Å². The molecule has 17 heavy (non-hydrogen) atoms. The molecule has 0 aliphatic heterocycles. The lowest BCUT2D eigenvalue weighted by Gasteiger charge is -2.04. The van der Waals surface area contributed by atoms with Gasteiger partial charge in [0, 0.05) is 17.8 Å². The molecule has 1 aromatic heterocycles. The zero-order valence-corrected chi connectivity index (χ0v) is 10.2. The first kappa shape index (κ1) is 11.7. The number of sulfone groups is 1. The first-order valence-electron chi connectivity index (χ1n) is 4.83. The van der Waals surface area contributed by atoms with Gasteiger partial charge in [-0.1, -0.05) is 0 Å². The Morgan fingerprint density at radius 1 is 1.35 bits per heavy atom. The van der Waals surface area contributed by atoms with E-state index in [4.69, 9.17) is 0 Å². The minimum Gasteiger partial charge on any atom is -0.465 e. The smallest absolute Gasteiger partial charge is 0.340 e. The molecule has 0 bridgehead atoms. The molecule has 5 nitrogen and oxygen atoms in total. The summed E-state index contributed by atoms with van der Waals surface area (Å²) in [6, 6.07) is 4.55. The standard InChI is InChI=1S/C11H11NO4S/c1-16-11(13)9-6-8(17(2,14)15)5-7-3-4-12-10(7)9/h3-6,12H,1-2H3. The van der Waals surface area contributed by atoms with Crippen LogP contribution in [0.5, 0.6) is 0 Å². The maximum Gasteiger partial charge on any atom is 0.340 e. The Labute approximate surface area is 98.3 Å². The maximum atomic E-state index is 11.6. The normalized spacial score (nSPS) is 11.6. The lowest BCUT2D eigenvalue weighted by atomic mass is 10.1. The highest BCUT2D eigenvalue weighted by Crippen LogP contribution is 2.23. The number of carbonyl (C=O) groups is 1. The highest BCUT2D eigenvalue weighted by Gasteiger charge is 2.17. The summed E-state index contributed by atoms with van der Waals surface area (Å²) in [5, 5.41) is 0.660. The Morgan fingerprint density at radius 3 is 2.65 bits per heavy atom. The number of nitrogens with one attached hydrogen (secondary N) is 1. The van der Waals surface area contributed by atoms with Crippen molar-refractivity contribution in [1.82, 2.24) is 4.98 Å². The zero-order valence-electron chi connectivity index (χ0n) is 9.35. The van der Waals surface area contributed by atoms with E-state index in [1.165, 1.54) is 19.2 Å². The number of hydrogen-bond acceptors (Lipinski definition) is 4. The summed E-state index contributed by atoms with van der Waals surface area (Å²) in [4.78, 5) is 14.6. The van der Waals surface area contributed by atoms with Crippen LogP contribution in [0.2, 0.25) is 0 Å². The Hall–Kier alpha value is -1.82. The van der Waals surface area contributed by atoms with E-state index in [1.807, 2.05) is 0 Å². The predicted molar refractivity (Wildman–Crippen MR) is 62.7 cm³/mol. The molecule has 1 N–H and O–H groups in total. The second kappa shape index (κ2) is 3.89. The van der Waals surface area contributed by atoms with Crippen LogP contribution in [0.3, 0.4) is 0 Å². The minimum atomic E-state index is -3.36.